The van der Waals surface area contributed by atoms with Gasteiger partial charge in [-0.15, -0.1) is 0 Å². The average molecular weight is 272 g/mol. The van der Waals surface area contributed by atoms with Gasteiger partial charge in [-0.2, -0.15) is 0 Å². The molecule has 0 aromatic heterocycles. The average Bonchev–Trinajstić information content (AvgIpc) is 2.47. The minimum atomic E-state index is -1.77. The molecule has 5 heteroatoms. The van der Waals surface area contributed by atoms with E-state index in [-0.39, 0.29) is 11.1 Å². The van der Waals surface area contributed by atoms with Gasteiger partial charge in [-0.1, -0.05) is 36.4 Å². The largest absolute Gasteiger partial charge is 0.479 e. The molecule has 0 amide bonds. The third-order valence-electron chi connectivity index (χ3n) is 2.66. The van der Waals surface area contributed by atoms with Crippen LogP contribution in [0.1, 0.15) is 22.0 Å². The Balaban J connectivity index is 2.28. The van der Waals surface area contributed by atoms with Crippen LogP contribution in [0.4, 0.5) is 0 Å². The van der Waals surface area contributed by atoms with E-state index in [9.17, 15) is 14.7 Å². The Kier molecular flexibility index (Phi) is 4.12. The number of hydrogen-bond donors (Lipinski definition) is 2. The van der Waals surface area contributed by atoms with E-state index in [2.05, 4.69) is 0 Å². The second-order valence-corrected chi connectivity index (χ2v) is 4.03. The molecule has 5 nitrogen and oxygen atoms in total. The van der Waals surface area contributed by atoms with Crippen molar-refractivity contribution in [3.05, 3.63) is 65.7 Å². The van der Waals surface area contributed by atoms with Gasteiger partial charge in [-0.05, 0) is 18.2 Å². The van der Waals surface area contributed by atoms with Gasteiger partial charge in [-0.25, -0.2) is 9.59 Å². The fourth-order valence-electron chi connectivity index (χ4n) is 1.70. The van der Waals surface area contributed by atoms with Crippen LogP contribution < -0.4 is 4.74 Å². The monoisotopic (exact) mass is 272 g/mol. The minimum absolute atomic E-state index is 0.000862. The smallest absolute Gasteiger partial charge is 0.343 e. The van der Waals surface area contributed by atoms with Gasteiger partial charge in [0, 0.05) is 5.56 Å². The molecule has 102 valence electrons. The van der Waals surface area contributed by atoms with Crippen LogP contribution in [-0.2, 0) is 4.79 Å². The number of carbonyl (C=O) groups excluding carboxylic acids is 1. The molecule has 0 aliphatic heterocycles. The molecule has 2 N–H and O–H groups in total. The van der Waals surface area contributed by atoms with Crippen molar-refractivity contribution in [3.8, 4) is 5.75 Å². The summed E-state index contributed by atoms with van der Waals surface area (Å²) in [4.78, 5) is 22.9. The number of carbonyl (C=O) groups is 2. The molecule has 0 aliphatic carbocycles. The summed E-state index contributed by atoms with van der Waals surface area (Å²) in [5, 5.41) is 18.4. The van der Waals surface area contributed by atoms with Crippen molar-refractivity contribution < 1.29 is 24.5 Å². The van der Waals surface area contributed by atoms with Crippen molar-refractivity contribution in [2.75, 3.05) is 0 Å². The zero-order chi connectivity index (χ0) is 14.5. The predicted octanol–water partition coefficient (Wildman–Crippen LogP) is 2.02. The van der Waals surface area contributed by atoms with E-state index < -0.39 is 18.0 Å². The van der Waals surface area contributed by atoms with Crippen LogP contribution in [-0.4, -0.2) is 22.2 Å². The van der Waals surface area contributed by atoms with Crippen LogP contribution in [0, 0.1) is 0 Å². The topological polar surface area (TPSA) is 83.8 Å². The molecule has 0 radical (unpaired) electrons. The van der Waals surface area contributed by atoms with Gasteiger partial charge in [0.2, 0.25) is 0 Å². The van der Waals surface area contributed by atoms with Crippen LogP contribution in [0.5, 0.6) is 5.75 Å². The van der Waals surface area contributed by atoms with Crippen molar-refractivity contribution in [2.24, 2.45) is 0 Å². The van der Waals surface area contributed by atoms with E-state index in [1.54, 1.807) is 42.5 Å². The molecule has 2 rings (SSSR count). The molecule has 2 aromatic carbocycles. The highest BCUT2D eigenvalue weighted by Gasteiger charge is 2.23. The molecule has 0 saturated heterocycles. The van der Waals surface area contributed by atoms with Crippen LogP contribution in [0.3, 0.4) is 0 Å². The van der Waals surface area contributed by atoms with Crippen LogP contribution in [0.15, 0.2) is 54.6 Å². The Hall–Kier alpha value is -2.66. The molecule has 1 atom stereocenters. The number of aliphatic hydroxyl groups is 1. The maximum atomic E-state index is 12.0. The summed E-state index contributed by atoms with van der Waals surface area (Å²) in [6.45, 7) is 0. The Labute approximate surface area is 115 Å². The first-order valence-corrected chi connectivity index (χ1v) is 5.86. The molecule has 0 heterocycles. The molecule has 20 heavy (non-hydrogen) atoms. The van der Waals surface area contributed by atoms with Crippen molar-refractivity contribution in [1.82, 2.24) is 0 Å². The van der Waals surface area contributed by atoms with Gasteiger partial charge in [0.25, 0.3) is 0 Å². The number of ether oxygens (including phenoxy) is 1. The number of benzene rings is 2. The first-order chi connectivity index (χ1) is 9.59. The SMILES string of the molecule is O=C(Oc1ccccc1)c1ccccc1C(O)C(=O)O. The number of hydrogen-bond acceptors (Lipinski definition) is 4. The van der Waals surface area contributed by atoms with Crippen molar-refractivity contribution in [1.29, 1.82) is 0 Å². The summed E-state index contributed by atoms with van der Waals surface area (Å²) in [6.07, 6.45) is -1.77. The fourth-order valence-corrected chi connectivity index (χ4v) is 1.70. The lowest BCUT2D eigenvalue weighted by Crippen LogP contribution is -2.17. The summed E-state index contributed by atoms with van der Waals surface area (Å²) >= 11 is 0. The predicted molar refractivity (Wildman–Crippen MR) is 70.4 cm³/mol. The number of para-hydroxylation sites is 1. The second-order valence-electron chi connectivity index (χ2n) is 4.03. The standard InChI is InChI=1S/C15H12O5/c16-13(14(17)18)11-8-4-5-9-12(11)15(19)20-10-6-2-1-3-7-10/h1-9,13,16H,(H,17,18). The fraction of sp³-hybridized carbons (Fsp3) is 0.0667. The lowest BCUT2D eigenvalue weighted by atomic mass is 10.0. The summed E-state index contributed by atoms with van der Waals surface area (Å²) in [5.41, 5.74) is 0.0205. The van der Waals surface area contributed by atoms with E-state index in [0.717, 1.165) is 0 Å². The molecule has 0 fully saturated rings. The first kappa shape index (κ1) is 13.8. The number of aliphatic hydroxyl groups excluding tert-OH is 1. The molecular formula is C15H12O5. The van der Waals surface area contributed by atoms with Crippen LogP contribution in [0.25, 0.3) is 0 Å². The number of aliphatic carboxylic acids is 1. The highest BCUT2D eigenvalue weighted by Crippen LogP contribution is 2.20. The minimum Gasteiger partial charge on any atom is -0.479 e. The molecule has 2 aromatic rings. The summed E-state index contributed by atoms with van der Waals surface area (Å²) in [7, 11) is 0. The summed E-state index contributed by atoms with van der Waals surface area (Å²) in [6, 6.07) is 14.3. The van der Waals surface area contributed by atoms with Crippen molar-refractivity contribution >= 4 is 11.9 Å². The van der Waals surface area contributed by atoms with E-state index in [0.29, 0.717) is 5.75 Å². The molecule has 0 spiro atoms. The Morgan fingerprint density at radius 3 is 2.20 bits per heavy atom. The Morgan fingerprint density at radius 1 is 0.950 bits per heavy atom. The Bertz CT molecular complexity index is 621. The maximum Gasteiger partial charge on any atom is 0.343 e. The third-order valence-corrected chi connectivity index (χ3v) is 2.66. The van der Waals surface area contributed by atoms with Gasteiger partial charge in [0.15, 0.2) is 6.10 Å². The summed E-state index contributed by atoms with van der Waals surface area (Å²) in [5.74, 6) is -1.80. The van der Waals surface area contributed by atoms with Gasteiger partial charge < -0.3 is 14.9 Å². The zero-order valence-corrected chi connectivity index (χ0v) is 10.4. The van der Waals surface area contributed by atoms with Gasteiger partial charge in [0.1, 0.15) is 5.75 Å². The summed E-state index contributed by atoms with van der Waals surface area (Å²) < 4.78 is 5.13. The van der Waals surface area contributed by atoms with E-state index in [4.69, 9.17) is 9.84 Å². The molecular weight excluding hydrogens is 260 g/mol. The molecule has 0 saturated carbocycles. The van der Waals surface area contributed by atoms with Crippen molar-refractivity contribution in [3.63, 3.8) is 0 Å². The van der Waals surface area contributed by atoms with Crippen LogP contribution in [0.2, 0.25) is 0 Å². The lowest BCUT2D eigenvalue weighted by molar-refractivity contribution is -0.146. The number of carboxylic acids is 1. The molecule has 1 unspecified atom stereocenters. The molecule has 0 aliphatic rings. The Morgan fingerprint density at radius 2 is 1.55 bits per heavy atom. The van der Waals surface area contributed by atoms with E-state index in [1.165, 1.54) is 12.1 Å². The zero-order valence-electron chi connectivity index (χ0n) is 10.4. The van der Waals surface area contributed by atoms with Crippen LogP contribution >= 0.6 is 0 Å². The number of esters is 1. The number of rotatable bonds is 4. The highest BCUT2D eigenvalue weighted by atomic mass is 16.5. The number of carboxylic acid groups (broad SMARTS) is 1. The third kappa shape index (κ3) is 3.02. The quantitative estimate of drug-likeness (QED) is 0.657. The van der Waals surface area contributed by atoms with E-state index in [1.807, 2.05) is 0 Å². The lowest BCUT2D eigenvalue weighted by Gasteiger charge is -2.11. The van der Waals surface area contributed by atoms with Gasteiger partial charge >= 0.3 is 11.9 Å². The van der Waals surface area contributed by atoms with Crippen molar-refractivity contribution in [2.45, 2.75) is 6.10 Å². The van der Waals surface area contributed by atoms with Gasteiger partial charge in [-0.3, -0.25) is 0 Å². The second kappa shape index (κ2) is 5.99. The highest BCUT2D eigenvalue weighted by molar-refractivity contribution is 5.94. The normalized spacial score (nSPS) is 11.7. The van der Waals surface area contributed by atoms with Gasteiger partial charge in [0.05, 0.1) is 5.56 Å². The first-order valence-electron chi connectivity index (χ1n) is 5.86. The maximum absolute atomic E-state index is 12.0. The molecule has 0 bridgehead atoms. The van der Waals surface area contributed by atoms with E-state index >= 15 is 0 Å².